The maximum Gasteiger partial charge on any atom is 0.261 e. The first kappa shape index (κ1) is 29.9. The molecule has 1 aliphatic rings. The van der Waals surface area contributed by atoms with Gasteiger partial charge in [-0.1, -0.05) is 93.8 Å². The van der Waals surface area contributed by atoms with E-state index in [0.717, 1.165) is 46.8 Å². The second kappa shape index (κ2) is 14.5. The molecular formula is C34H41BrN2O3. The Morgan fingerprint density at radius 1 is 0.975 bits per heavy atom. The predicted molar refractivity (Wildman–Crippen MR) is 164 cm³/mol. The van der Waals surface area contributed by atoms with E-state index in [1.165, 1.54) is 12.0 Å². The third-order valence-electron chi connectivity index (χ3n) is 7.80. The Hall–Kier alpha value is -3.12. The monoisotopic (exact) mass is 604 g/mol. The van der Waals surface area contributed by atoms with Gasteiger partial charge in [0.2, 0.25) is 5.91 Å². The van der Waals surface area contributed by atoms with Crippen molar-refractivity contribution in [3.8, 4) is 5.75 Å². The van der Waals surface area contributed by atoms with Crippen molar-refractivity contribution in [2.75, 3.05) is 6.61 Å². The van der Waals surface area contributed by atoms with Crippen LogP contribution in [0.25, 0.3) is 0 Å². The van der Waals surface area contributed by atoms with Crippen LogP contribution in [-0.2, 0) is 22.6 Å². The van der Waals surface area contributed by atoms with E-state index in [-0.39, 0.29) is 24.5 Å². The van der Waals surface area contributed by atoms with E-state index in [4.69, 9.17) is 4.74 Å². The molecule has 5 nitrogen and oxygen atoms in total. The first-order valence-corrected chi connectivity index (χ1v) is 15.2. The summed E-state index contributed by atoms with van der Waals surface area (Å²) in [5.74, 6) is 0.681. The number of aryl methyl sites for hydroxylation is 1. The second-order valence-electron chi connectivity index (χ2n) is 11.1. The number of amides is 2. The standard InChI is InChI=1S/C34H41BrN2O3/c1-24(2)27-18-19-32(30(35)21-27)40-23-33(38)37(22-28-15-11-10-12-25(28)3)31(20-26-13-6-4-7-14-26)34(39)36-29-16-8-5-9-17-29/h4,6-7,10-15,18-19,21,24,29,31H,5,8-9,16-17,20,22-23H2,1-3H3,(H,36,39). The number of ether oxygens (including phenoxy) is 1. The Morgan fingerprint density at radius 3 is 2.35 bits per heavy atom. The average molecular weight is 606 g/mol. The van der Waals surface area contributed by atoms with Crippen LogP contribution < -0.4 is 10.1 Å². The van der Waals surface area contributed by atoms with E-state index < -0.39 is 6.04 Å². The average Bonchev–Trinajstić information content (AvgIpc) is 2.96. The summed E-state index contributed by atoms with van der Waals surface area (Å²) in [5, 5.41) is 3.29. The lowest BCUT2D eigenvalue weighted by Gasteiger charge is -2.33. The maximum absolute atomic E-state index is 14.0. The number of carbonyl (C=O) groups excluding carboxylic acids is 2. The Bertz CT molecular complexity index is 1270. The van der Waals surface area contributed by atoms with E-state index in [9.17, 15) is 9.59 Å². The van der Waals surface area contributed by atoms with E-state index >= 15 is 0 Å². The summed E-state index contributed by atoms with van der Waals surface area (Å²) in [4.78, 5) is 29.6. The summed E-state index contributed by atoms with van der Waals surface area (Å²) in [6, 6.07) is 23.4. The van der Waals surface area contributed by atoms with Gasteiger partial charge in [-0.25, -0.2) is 0 Å². The molecule has 3 aromatic rings. The van der Waals surface area contributed by atoms with Crippen molar-refractivity contribution in [1.29, 1.82) is 0 Å². The van der Waals surface area contributed by atoms with Gasteiger partial charge in [0.05, 0.1) is 4.47 Å². The number of nitrogens with one attached hydrogen (secondary N) is 1. The van der Waals surface area contributed by atoms with Crippen LogP contribution in [0, 0.1) is 6.92 Å². The van der Waals surface area contributed by atoms with E-state index in [1.54, 1.807) is 4.90 Å². The molecule has 0 bridgehead atoms. The zero-order valence-electron chi connectivity index (χ0n) is 23.9. The fraction of sp³-hybridized carbons (Fsp3) is 0.412. The molecule has 4 rings (SSSR count). The third kappa shape index (κ3) is 8.20. The highest BCUT2D eigenvalue weighted by Gasteiger charge is 2.32. The first-order chi connectivity index (χ1) is 19.3. The summed E-state index contributed by atoms with van der Waals surface area (Å²) in [6.45, 7) is 6.49. The van der Waals surface area contributed by atoms with Gasteiger partial charge in [0.1, 0.15) is 11.8 Å². The van der Waals surface area contributed by atoms with Crippen LogP contribution in [0.5, 0.6) is 5.75 Å². The Kier molecular flexibility index (Phi) is 10.8. The highest BCUT2D eigenvalue weighted by atomic mass is 79.9. The Balaban J connectivity index is 1.62. The second-order valence-corrected chi connectivity index (χ2v) is 12.0. The molecular weight excluding hydrogens is 564 g/mol. The lowest BCUT2D eigenvalue weighted by Crippen LogP contribution is -2.53. The molecule has 1 unspecified atom stereocenters. The maximum atomic E-state index is 14.0. The zero-order chi connectivity index (χ0) is 28.5. The summed E-state index contributed by atoms with van der Waals surface area (Å²) in [7, 11) is 0. The number of hydrogen-bond donors (Lipinski definition) is 1. The van der Waals surface area contributed by atoms with Gasteiger partial charge >= 0.3 is 0 Å². The minimum Gasteiger partial charge on any atom is -0.483 e. The van der Waals surface area contributed by atoms with Crippen LogP contribution >= 0.6 is 15.9 Å². The molecule has 212 valence electrons. The summed E-state index contributed by atoms with van der Waals surface area (Å²) >= 11 is 3.60. The number of carbonyl (C=O) groups is 2. The smallest absolute Gasteiger partial charge is 0.261 e. The first-order valence-electron chi connectivity index (χ1n) is 14.4. The summed E-state index contributed by atoms with van der Waals surface area (Å²) in [6.07, 6.45) is 5.86. The highest BCUT2D eigenvalue weighted by molar-refractivity contribution is 9.10. The van der Waals surface area contributed by atoms with Crippen molar-refractivity contribution >= 4 is 27.7 Å². The van der Waals surface area contributed by atoms with Gasteiger partial charge in [-0.15, -0.1) is 0 Å². The topological polar surface area (TPSA) is 58.6 Å². The van der Waals surface area contributed by atoms with E-state index in [1.807, 2.05) is 79.7 Å². The number of nitrogens with zero attached hydrogens (tertiary/aromatic N) is 1. The van der Waals surface area contributed by atoms with E-state index in [0.29, 0.717) is 24.6 Å². The SMILES string of the molecule is Cc1ccccc1CN(C(=O)COc1ccc(C(C)C)cc1Br)C(Cc1ccccc1)C(=O)NC1CCCCC1. The van der Waals surface area contributed by atoms with Crippen molar-refractivity contribution in [3.63, 3.8) is 0 Å². The summed E-state index contributed by atoms with van der Waals surface area (Å²) in [5.41, 5.74) is 4.30. The number of halogens is 1. The molecule has 0 spiro atoms. The molecule has 1 fully saturated rings. The van der Waals surface area contributed by atoms with Crippen molar-refractivity contribution in [3.05, 3.63) is 99.5 Å². The van der Waals surface area contributed by atoms with Gasteiger partial charge < -0.3 is 15.0 Å². The molecule has 2 amide bonds. The van der Waals surface area contributed by atoms with Crippen molar-refractivity contribution in [2.24, 2.45) is 0 Å². The van der Waals surface area contributed by atoms with Crippen LogP contribution in [0.15, 0.2) is 77.3 Å². The van der Waals surface area contributed by atoms with Crippen LogP contribution in [-0.4, -0.2) is 35.4 Å². The van der Waals surface area contributed by atoms with Gasteiger partial charge in [-0.2, -0.15) is 0 Å². The molecule has 0 radical (unpaired) electrons. The fourth-order valence-electron chi connectivity index (χ4n) is 5.28. The number of rotatable bonds is 11. The van der Waals surface area contributed by atoms with E-state index in [2.05, 4.69) is 35.1 Å². The largest absolute Gasteiger partial charge is 0.483 e. The highest BCUT2D eigenvalue weighted by Crippen LogP contribution is 2.29. The van der Waals surface area contributed by atoms with Gasteiger partial charge in [0.15, 0.2) is 6.61 Å². The van der Waals surface area contributed by atoms with Crippen LogP contribution in [0.3, 0.4) is 0 Å². The number of benzene rings is 3. The van der Waals surface area contributed by atoms with Crippen LogP contribution in [0.2, 0.25) is 0 Å². The molecule has 0 aliphatic heterocycles. The third-order valence-corrected chi connectivity index (χ3v) is 8.42. The Morgan fingerprint density at radius 2 is 1.68 bits per heavy atom. The molecule has 0 aromatic heterocycles. The normalized spacial score (nSPS) is 14.5. The summed E-state index contributed by atoms with van der Waals surface area (Å²) < 4.78 is 6.86. The molecule has 1 N–H and O–H groups in total. The minimum absolute atomic E-state index is 0.0971. The molecule has 0 heterocycles. The van der Waals surface area contributed by atoms with Crippen molar-refractivity contribution in [2.45, 2.75) is 83.8 Å². The van der Waals surface area contributed by atoms with Crippen LogP contribution in [0.1, 0.15) is 74.1 Å². The fourth-order valence-corrected chi connectivity index (χ4v) is 5.80. The lowest BCUT2D eigenvalue weighted by atomic mass is 9.94. The van der Waals surface area contributed by atoms with Gasteiger partial charge in [-0.05, 0) is 76.0 Å². The molecule has 6 heteroatoms. The van der Waals surface area contributed by atoms with Gasteiger partial charge in [0.25, 0.3) is 5.91 Å². The Labute approximate surface area is 247 Å². The van der Waals surface area contributed by atoms with Crippen molar-refractivity contribution in [1.82, 2.24) is 10.2 Å². The minimum atomic E-state index is -0.660. The lowest BCUT2D eigenvalue weighted by molar-refractivity contribution is -0.143. The molecule has 40 heavy (non-hydrogen) atoms. The van der Waals surface area contributed by atoms with Gasteiger partial charge in [-0.3, -0.25) is 9.59 Å². The molecule has 1 atom stereocenters. The van der Waals surface area contributed by atoms with Crippen LogP contribution in [0.4, 0.5) is 0 Å². The molecule has 1 saturated carbocycles. The predicted octanol–water partition coefficient (Wildman–Crippen LogP) is 7.35. The van der Waals surface area contributed by atoms with Gasteiger partial charge in [0, 0.05) is 19.0 Å². The quantitative estimate of drug-likeness (QED) is 0.249. The molecule has 3 aromatic carbocycles. The van der Waals surface area contributed by atoms with Crippen molar-refractivity contribution < 1.29 is 14.3 Å². The zero-order valence-corrected chi connectivity index (χ0v) is 25.5. The molecule has 0 saturated heterocycles. The number of hydrogen-bond acceptors (Lipinski definition) is 3. The molecule has 1 aliphatic carbocycles.